The van der Waals surface area contributed by atoms with Gasteiger partial charge in [-0.3, -0.25) is 14.1 Å². The van der Waals surface area contributed by atoms with E-state index < -0.39 is 32.5 Å². The predicted octanol–water partition coefficient (Wildman–Crippen LogP) is 10.9. The average molecular weight is 739 g/mol. The molecule has 0 saturated carbocycles. The van der Waals surface area contributed by atoms with Crippen molar-refractivity contribution in [1.82, 2.24) is 0 Å². The smallest absolute Gasteiger partial charge is 0.462 e. The molecule has 2 N–H and O–H groups in total. The Morgan fingerprint density at radius 1 is 0.627 bits per heavy atom. The van der Waals surface area contributed by atoms with Gasteiger partial charge in [-0.2, -0.15) is 0 Å². The van der Waals surface area contributed by atoms with Crippen LogP contribution in [0.3, 0.4) is 0 Å². The normalized spacial score (nSPS) is 16.9. The Morgan fingerprint density at radius 3 is 1.80 bits per heavy atom. The highest BCUT2D eigenvalue weighted by molar-refractivity contribution is 7.46. The van der Waals surface area contributed by atoms with Crippen LogP contribution in [0.1, 0.15) is 168 Å². The molecule has 0 aromatic heterocycles. The summed E-state index contributed by atoms with van der Waals surface area (Å²) < 4.78 is 32.0. The van der Waals surface area contributed by atoms with E-state index in [1.54, 1.807) is 0 Å². The number of unbranched alkanes of at least 4 members (excludes halogenated alkanes) is 14. The SMILES string of the molecule is CCCCCCCC/C=C\C/C=C\C/C=C\CCCC(=O)O[C@H](COC(=O)CCCCCCC/C=C\CC1OC1CCCCC)COP(=O)(O)O. The number of carbonyl (C=O) groups excluding carboxylic acids is 2. The second-order valence-corrected chi connectivity index (χ2v) is 14.9. The number of phosphoric ester groups is 1. The molecular weight excluding hydrogens is 667 g/mol. The molecule has 1 aliphatic heterocycles. The fourth-order valence-electron chi connectivity index (χ4n) is 5.63. The van der Waals surface area contributed by atoms with E-state index in [-0.39, 0.29) is 19.4 Å². The molecule has 294 valence electrons. The lowest BCUT2D eigenvalue weighted by molar-refractivity contribution is -0.161. The summed E-state index contributed by atoms with van der Waals surface area (Å²) in [6.07, 6.45) is 41.5. The summed E-state index contributed by atoms with van der Waals surface area (Å²) in [6.45, 7) is 3.58. The molecule has 0 radical (unpaired) electrons. The summed E-state index contributed by atoms with van der Waals surface area (Å²) in [5.41, 5.74) is 0. The summed E-state index contributed by atoms with van der Waals surface area (Å²) in [5, 5.41) is 0. The lowest BCUT2D eigenvalue weighted by Gasteiger charge is -2.18. The van der Waals surface area contributed by atoms with Crippen molar-refractivity contribution >= 4 is 19.8 Å². The van der Waals surface area contributed by atoms with Gasteiger partial charge in [0.05, 0.1) is 18.8 Å². The number of ether oxygens (including phenoxy) is 3. The highest BCUT2D eigenvalue weighted by Crippen LogP contribution is 2.36. The zero-order valence-electron chi connectivity index (χ0n) is 31.9. The molecule has 10 heteroatoms. The number of hydrogen-bond donors (Lipinski definition) is 2. The molecule has 0 spiro atoms. The standard InChI is InChI=1S/C41H71O9P/c1-3-5-7-8-9-10-11-12-13-14-15-16-17-18-23-26-30-34-41(43)49-37(36-48-51(44,45)46)35-47-40(42)33-29-25-22-20-19-21-24-28-32-39-38(50-39)31-27-6-4-2/h12-13,15-16,18,23-24,28,37-39H,3-11,14,17,19-22,25-27,29-36H2,1-2H3,(H2,44,45,46)/b13-12-,16-15-,23-18-,28-24-/t37-,38?,39?/m1/s1. The Morgan fingerprint density at radius 2 is 1.16 bits per heavy atom. The topological polar surface area (TPSA) is 132 Å². The van der Waals surface area contributed by atoms with Crippen molar-refractivity contribution in [3.05, 3.63) is 48.6 Å². The zero-order valence-corrected chi connectivity index (χ0v) is 32.8. The van der Waals surface area contributed by atoms with Gasteiger partial charge in [0, 0.05) is 12.8 Å². The van der Waals surface area contributed by atoms with Gasteiger partial charge in [-0.1, -0.05) is 133 Å². The van der Waals surface area contributed by atoms with Gasteiger partial charge in [0.15, 0.2) is 6.10 Å². The number of carbonyl (C=O) groups is 2. The molecule has 0 aromatic rings. The summed E-state index contributed by atoms with van der Waals surface area (Å²) in [5.74, 6) is -0.970. The van der Waals surface area contributed by atoms with Gasteiger partial charge >= 0.3 is 19.8 Å². The lowest BCUT2D eigenvalue weighted by Crippen LogP contribution is -2.29. The van der Waals surface area contributed by atoms with Crippen molar-refractivity contribution in [3.8, 4) is 0 Å². The van der Waals surface area contributed by atoms with E-state index in [2.05, 4.69) is 60.9 Å². The Labute approximate surface area is 309 Å². The molecule has 1 rings (SSSR count). The second kappa shape index (κ2) is 32.6. The van der Waals surface area contributed by atoms with E-state index in [0.717, 1.165) is 57.8 Å². The van der Waals surface area contributed by atoms with E-state index in [4.69, 9.17) is 24.0 Å². The van der Waals surface area contributed by atoms with E-state index in [1.165, 1.54) is 64.2 Å². The minimum Gasteiger partial charge on any atom is -0.462 e. The predicted molar refractivity (Wildman–Crippen MR) is 206 cm³/mol. The summed E-state index contributed by atoms with van der Waals surface area (Å²) >= 11 is 0. The third kappa shape index (κ3) is 32.4. The van der Waals surface area contributed by atoms with E-state index in [0.29, 0.717) is 31.5 Å². The number of esters is 2. The second-order valence-electron chi connectivity index (χ2n) is 13.6. The number of allylic oxidation sites excluding steroid dienone is 7. The van der Waals surface area contributed by atoms with Crippen molar-refractivity contribution < 1.29 is 42.7 Å². The Kier molecular flexibility index (Phi) is 30.0. The van der Waals surface area contributed by atoms with Crippen molar-refractivity contribution in [3.63, 3.8) is 0 Å². The molecule has 9 nitrogen and oxygen atoms in total. The van der Waals surface area contributed by atoms with Crippen LogP contribution in [0.2, 0.25) is 0 Å². The Hall–Kier alpha value is -2.03. The molecule has 0 amide bonds. The van der Waals surface area contributed by atoms with Gasteiger partial charge in [-0.05, 0) is 70.6 Å². The molecule has 0 aliphatic carbocycles. The fraction of sp³-hybridized carbons (Fsp3) is 0.756. The van der Waals surface area contributed by atoms with Crippen LogP contribution in [-0.2, 0) is 32.9 Å². The largest absolute Gasteiger partial charge is 0.469 e. The average Bonchev–Trinajstić information content (AvgIpc) is 3.85. The first-order valence-electron chi connectivity index (χ1n) is 20.1. The molecule has 2 unspecified atom stereocenters. The molecular formula is C41H71O9P. The van der Waals surface area contributed by atoms with Crippen LogP contribution in [0.5, 0.6) is 0 Å². The van der Waals surface area contributed by atoms with Crippen LogP contribution in [-0.4, -0.2) is 53.3 Å². The van der Waals surface area contributed by atoms with Gasteiger partial charge in [-0.25, -0.2) is 4.57 Å². The first-order chi connectivity index (χ1) is 24.7. The van der Waals surface area contributed by atoms with Crippen molar-refractivity contribution in [2.75, 3.05) is 13.2 Å². The van der Waals surface area contributed by atoms with Gasteiger partial charge in [-0.15, -0.1) is 0 Å². The van der Waals surface area contributed by atoms with Crippen LogP contribution in [0, 0.1) is 0 Å². The molecule has 1 saturated heterocycles. The van der Waals surface area contributed by atoms with Crippen LogP contribution >= 0.6 is 7.82 Å². The third-order valence-corrected chi connectivity index (χ3v) is 9.23. The van der Waals surface area contributed by atoms with E-state index >= 15 is 0 Å². The minimum atomic E-state index is -4.77. The maximum atomic E-state index is 12.4. The van der Waals surface area contributed by atoms with Crippen molar-refractivity contribution in [2.45, 2.75) is 186 Å². The van der Waals surface area contributed by atoms with Crippen molar-refractivity contribution in [2.24, 2.45) is 0 Å². The number of phosphoric acid groups is 1. The zero-order chi connectivity index (χ0) is 37.3. The van der Waals surface area contributed by atoms with Gasteiger partial charge in [0.1, 0.15) is 6.61 Å². The maximum absolute atomic E-state index is 12.4. The van der Waals surface area contributed by atoms with Crippen LogP contribution < -0.4 is 0 Å². The number of hydrogen-bond acceptors (Lipinski definition) is 7. The fourth-order valence-corrected chi connectivity index (χ4v) is 5.99. The van der Waals surface area contributed by atoms with Crippen LogP contribution in [0.15, 0.2) is 48.6 Å². The van der Waals surface area contributed by atoms with Crippen molar-refractivity contribution in [1.29, 1.82) is 0 Å². The lowest BCUT2D eigenvalue weighted by atomic mass is 10.1. The molecule has 0 bridgehead atoms. The molecule has 3 atom stereocenters. The first kappa shape index (κ1) is 47.0. The van der Waals surface area contributed by atoms with Gasteiger partial charge in [0.2, 0.25) is 0 Å². The quantitative estimate of drug-likeness (QED) is 0.0214. The third-order valence-electron chi connectivity index (χ3n) is 8.74. The Balaban J connectivity index is 2.12. The highest BCUT2D eigenvalue weighted by atomic mass is 31.2. The van der Waals surface area contributed by atoms with Crippen LogP contribution in [0.4, 0.5) is 0 Å². The van der Waals surface area contributed by atoms with Gasteiger partial charge in [0.25, 0.3) is 0 Å². The first-order valence-corrected chi connectivity index (χ1v) is 21.6. The Bertz CT molecular complexity index is 1030. The molecule has 1 aliphatic rings. The van der Waals surface area contributed by atoms with Gasteiger partial charge < -0.3 is 24.0 Å². The van der Waals surface area contributed by atoms with E-state index in [9.17, 15) is 14.2 Å². The number of rotatable bonds is 35. The summed E-state index contributed by atoms with van der Waals surface area (Å²) in [7, 11) is -4.77. The maximum Gasteiger partial charge on any atom is 0.469 e. The monoisotopic (exact) mass is 738 g/mol. The number of epoxide rings is 1. The molecule has 0 aromatic carbocycles. The van der Waals surface area contributed by atoms with Crippen LogP contribution in [0.25, 0.3) is 0 Å². The highest BCUT2D eigenvalue weighted by Gasteiger charge is 2.36. The summed E-state index contributed by atoms with van der Waals surface area (Å²) in [6, 6.07) is 0. The van der Waals surface area contributed by atoms with E-state index in [1.807, 2.05) is 6.08 Å². The summed E-state index contributed by atoms with van der Waals surface area (Å²) in [4.78, 5) is 42.8. The minimum absolute atomic E-state index is 0.133. The molecule has 51 heavy (non-hydrogen) atoms. The molecule has 1 heterocycles. The molecule has 1 fully saturated rings.